The van der Waals surface area contributed by atoms with Crippen molar-refractivity contribution >= 4 is 11.7 Å². The number of rotatable bonds is 5. The average Bonchev–Trinajstić information content (AvgIpc) is 2.41. The second-order valence-electron chi connectivity index (χ2n) is 5.49. The van der Waals surface area contributed by atoms with Crippen molar-refractivity contribution in [2.24, 2.45) is 22.7 Å². The highest BCUT2D eigenvalue weighted by molar-refractivity contribution is 6.02. The lowest BCUT2D eigenvalue weighted by Crippen LogP contribution is -2.42. The van der Waals surface area contributed by atoms with Crippen LogP contribution >= 0.6 is 0 Å². The summed E-state index contributed by atoms with van der Waals surface area (Å²) in [6.45, 7) is 7.04. The van der Waals surface area contributed by atoms with Crippen molar-refractivity contribution < 1.29 is 14.4 Å². The minimum atomic E-state index is -0.729. The first-order chi connectivity index (χ1) is 9.77. The summed E-state index contributed by atoms with van der Waals surface area (Å²) in [5.74, 6) is -1.65. The Hall–Kier alpha value is -2.11. The Morgan fingerprint density at radius 1 is 1.38 bits per heavy atom. The van der Waals surface area contributed by atoms with Gasteiger partial charge in [0.2, 0.25) is 5.91 Å². The molecule has 0 aliphatic rings. The van der Waals surface area contributed by atoms with Gasteiger partial charge >= 0.3 is 0 Å². The second-order valence-corrected chi connectivity index (χ2v) is 5.49. The molecule has 0 fully saturated rings. The normalized spacial score (nSPS) is 14.9. The van der Waals surface area contributed by atoms with Crippen molar-refractivity contribution in [3.05, 3.63) is 35.1 Å². The number of carbonyl (C=O) groups excluding carboxylic acids is 1. The molecule has 0 aliphatic heterocycles. The third-order valence-corrected chi connectivity index (χ3v) is 3.44. The maximum atomic E-state index is 13.6. The van der Waals surface area contributed by atoms with Crippen LogP contribution in [0.25, 0.3) is 0 Å². The van der Waals surface area contributed by atoms with E-state index in [2.05, 4.69) is 10.5 Å². The lowest BCUT2D eigenvalue weighted by molar-refractivity contribution is -0.124. The van der Waals surface area contributed by atoms with E-state index in [1.807, 2.05) is 0 Å². The molecule has 2 atom stereocenters. The molecule has 0 heterocycles. The van der Waals surface area contributed by atoms with Gasteiger partial charge in [0.15, 0.2) is 5.84 Å². The first-order valence-corrected chi connectivity index (χ1v) is 6.81. The van der Waals surface area contributed by atoms with Crippen LogP contribution in [-0.4, -0.2) is 17.0 Å². The molecule has 116 valence electrons. The van der Waals surface area contributed by atoms with Gasteiger partial charge < -0.3 is 16.3 Å². The third-order valence-electron chi connectivity index (χ3n) is 3.44. The zero-order valence-corrected chi connectivity index (χ0v) is 12.7. The highest BCUT2D eigenvalue weighted by atomic mass is 19.1. The summed E-state index contributed by atoms with van der Waals surface area (Å²) >= 11 is 0. The smallest absolute Gasteiger partial charge is 0.231 e. The molecule has 0 bridgehead atoms. The largest absolute Gasteiger partial charge is 0.409 e. The maximum Gasteiger partial charge on any atom is 0.231 e. The van der Waals surface area contributed by atoms with Crippen molar-refractivity contribution in [2.75, 3.05) is 0 Å². The summed E-state index contributed by atoms with van der Waals surface area (Å²) in [5, 5.41) is 14.4. The number of amidine groups is 1. The van der Waals surface area contributed by atoms with E-state index in [9.17, 15) is 9.18 Å². The molecular formula is C15H22FN3O2. The fraction of sp³-hybridized carbons (Fsp3) is 0.467. The van der Waals surface area contributed by atoms with E-state index in [4.69, 9.17) is 10.9 Å². The van der Waals surface area contributed by atoms with Crippen molar-refractivity contribution in [1.29, 1.82) is 0 Å². The molecule has 1 aromatic carbocycles. The van der Waals surface area contributed by atoms with Gasteiger partial charge in [0.25, 0.3) is 0 Å². The summed E-state index contributed by atoms with van der Waals surface area (Å²) in [7, 11) is 0. The number of oxime groups is 1. The topological polar surface area (TPSA) is 87.7 Å². The lowest BCUT2D eigenvalue weighted by Gasteiger charge is -2.22. The molecule has 0 saturated heterocycles. The molecule has 0 aliphatic carbocycles. The fourth-order valence-corrected chi connectivity index (χ4v) is 2.11. The Labute approximate surface area is 124 Å². The van der Waals surface area contributed by atoms with Gasteiger partial charge in [-0.05, 0) is 37.0 Å². The lowest BCUT2D eigenvalue weighted by atomic mass is 9.93. The van der Waals surface area contributed by atoms with E-state index < -0.39 is 5.92 Å². The molecule has 21 heavy (non-hydrogen) atoms. The van der Waals surface area contributed by atoms with Gasteiger partial charge in [0.05, 0.1) is 6.04 Å². The number of aryl methyl sites for hydroxylation is 1. The molecule has 1 aromatic rings. The number of benzene rings is 1. The van der Waals surface area contributed by atoms with Crippen LogP contribution in [0.5, 0.6) is 0 Å². The van der Waals surface area contributed by atoms with Crippen molar-refractivity contribution in [3.63, 3.8) is 0 Å². The van der Waals surface area contributed by atoms with Crippen LogP contribution in [-0.2, 0) is 4.79 Å². The molecule has 1 rings (SSSR count). The molecule has 0 saturated carbocycles. The maximum absolute atomic E-state index is 13.6. The SMILES string of the molecule is Cc1ccc(C(C)NC(=O)C(/C(N)=N/O)C(C)C)cc1F. The number of hydrogen-bond acceptors (Lipinski definition) is 3. The number of nitrogens with zero attached hydrogens (tertiary/aromatic N) is 1. The van der Waals surface area contributed by atoms with Crippen LogP contribution in [0.3, 0.4) is 0 Å². The first-order valence-electron chi connectivity index (χ1n) is 6.81. The number of nitrogens with one attached hydrogen (secondary N) is 1. The van der Waals surface area contributed by atoms with Crippen molar-refractivity contribution in [1.82, 2.24) is 5.32 Å². The highest BCUT2D eigenvalue weighted by Gasteiger charge is 2.27. The summed E-state index contributed by atoms with van der Waals surface area (Å²) in [5.41, 5.74) is 6.77. The predicted molar refractivity (Wildman–Crippen MR) is 79.4 cm³/mol. The van der Waals surface area contributed by atoms with E-state index in [1.54, 1.807) is 39.8 Å². The third kappa shape index (κ3) is 4.18. The van der Waals surface area contributed by atoms with Crippen LogP contribution in [0.1, 0.15) is 37.9 Å². The van der Waals surface area contributed by atoms with Gasteiger partial charge in [-0.2, -0.15) is 0 Å². The van der Waals surface area contributed by atoms with Gasteiger partial charge in [-0.25, -0.2) is 4.39 Å². The molecule has 1 amide bonds. The summed E-state index contributed by atoms with van der Waals surface area (Å²) in [6, 6.07) is 4.45. The van der Waals surface area contributed by atoms with Crippen molar-refractivity contribution in [2.45, 2.75) is 33.7 Å². The van der Waals surface area contributed by atoms with E-state index in [0.29, 0.717) is 11.1 Å². The minimum absolute atomic E-state index is 0.122. The average molecular weight is 295 g/mol. The number of halogens is 1. The summed E-state index contributed by atoms with van der Waals surface area (Å²) in [6.07, 6.45) is 0. The fourth-order valence-electron chi connectivity index (χ4n) is 2.11. The van der Waals surface area contributed by atoms with E-state index >= 15 is 0 Å². The van der Waals surface area contributed by atoms with Gasteiger partial charge in [-0.3, -0.25) is 4.79 Å². The van der Waals surface area contributed by atoms with E-state index in [0.717, 1.165) is 0 Å². The Morgan fingerprint density at radius 2 is 2.00 bits per heavy atom. The highest BCUT2D eigenvalue weighted by Crippen LogP contribution is 2.18. The quantitative estimate of drug-likeness (QED) is 0.337. The van der Waals surface area contributed by atoms with Crippen LogP contribution < -0.4 is 11.1 Å². The molecule has 0 aromatic heterocycles. The Balaban J connectivity index is 2.87. The minimum Gasteiger partial charge on any atom is -0.409 e. The Morgan fingerprint density at radius 3 is 2.48 bits per heavy atom. The number of hydrogen-bond donors (Lipinski definition) is 3. The second kappa shape index (κ2) is 7.06. The molecule has 6 heteroatoms. The van der Waals surface area contributed by atoms with Crippen LogP contribution in [0, 0.1) is 24.6 Å². The summed E-state index contributed by atoms with van der Waals surface area (Å²) in [4.78, 5) is 12.2. The zero-order valence-electron chi connectivity index (χ0n) is 12.7. The van der Waals surface area contributed by atoms with Crippen LogP contribution in [0.2, 0.25) is 0 Å². The Bertz CT molecular complexity index is 544. The molecule has 4 N–H and O–H groups in total. The molecule has 0 spiro atoms. The predicted octanol–water partition coefficient (Wildman–Crippen LogP) is 2.33. The molecular weight excluding hydrogens is 273 g/mol. The van der Waals surface area contributed by atoms with Gasteiger partial charge in [0, 0.05) is 0 Å². The van der Waals surface area contributed by atoms with Crippen molar-refractivity contribution in [3.8, 4) is 0 Å². The van der Waals surface area contributed by atoms with Gasteiger partial charge in [0.1, 0.15) is 11.7 Å². The molecule has 2 unspecified atom stereocenters. The van der Waals surface area contributed by atoms with Crippen LogP contribution in [0.4, 0.5) is 4.39 Å². The van der Waals surface area contributed by atoms with E-state index in [1.165, 1.54) is 6.07 Å². The molecule has 5 nitrogen and oxygen atoms in total. The monoisotopic (exact) mass is 295 g/mol. The summed E-state index contributed by atoms with van der Waals surface area (Å²) < 4.78 is 13.6. The van der Waals surface area contributed by atoms with E-state index in [-0.39, 0.29) is 29.5 Å². The Kier molecular flexibility index (Phi) is 5.69. The first kappa shape index (κ1) is 16.9. The number of nitrogens with two attached hydrogens (primary N) is 1. The number of carbonyl (C=O) groups is 1. The van der Waals surface area contributed by atoms with Gasteiger partial charge in [-0.1, -0.05) is 31.1 Å². The van der Waals surface area contributed by atoms with Crippen LogP contribution in [0.15, 0.2) is 23.4 Å². The molecule has 0 radical (unpaired) electrons. The zero-order chi connectivity index (χ0) is 16.2. The van der Waals surface area contributed by atoms with Gasteiger partial charge in [-0.15, -0.1) is 0 Å². The number of amides is 1. The standard InChI is InChI=1S/C15H22FN3O2/c1-8(2)13(14(17)19-21)15(20)18-10(4)11-6-5-9(3)12(16)7-11/h5-8,10,13,21H,1-4H3,(H2,17,19)(H,18,20).